The number of halogens is 1. The van der Waals surface area contributed by atoms with Crippen LogP contribution in [0.3, 0.4) is 0 Å². The quantitative estimate of drug-likeness (QED) is 0.778. The van der Waals surface area contributed by atoms with Gasteiger partial charge in [-0.3, -0.25) is 4.79 Å². The first-order valence-electron chi connectivity index (χ1n) is 8.94. The SMILES string of the molecule is CC[NH+]1CCN(C(=O)[C@H](C)Sc2nnc(-c3ccccc3Cl)n2C)CC1. The fraction of sp³-hybridized carbons (Fsp3) is 0.500. The molecule has 0 spiro atoms. The van der Waals surface area contributed by atoms with Gasteiger partial charge in [0.1, 0.15) is 0 Å². The van der Waals surface area contributed by atoms with E-state index in [0.717, 1.165) is 43.4 Å². The van der Waals surface area contributed by atoms with Crippen LogP contribution in [0.1, 0.15) is 13.8 Å². The molecule has 1 fully saturated rings. The predicted molar refractivity (Wildman–Crippen MR) is 105 cm³/mol. The molecule has 1 amide bonds. The first kappa shape index (κ1) is 19.2. The highest BCUT2D eigenvalue weighted by Crippen LogP contribution is 2.30. The number of nitrogens with zero attached hydrogens (tertiary/aromatic N) is 4. The van der Waals surface area contributed by atoms with Gasteiger partial charge in [0.2, 0.25) is 5.91 Å². The molecule has 2 heterocycles. The van der Waals surface area contributed by atoms with Crippen molar-refractivity contribution in [1.29, 1.82) is 0 Å². The molecule has 1 aliphatic heterocycles. The molecule has 140 valence electrons. The average Bonchev–Trinajstić information content (AvgIpc) is 3.02. The first-order valence-corrected chi connectivity index (χ1v) is 10.2. The molecule has 0 saturated carbocycles. The van der Waals surface area contributed by atoms with E-state index < -0.39 is 0 Å². The normalized spacial score (nSPS) is 16.7. The Hall–Kier alpha value is -1.57. The van der Waals surface area contributed by atoms with Gasteiger partial charge in [-0.05, 0) is 26.0 Å². The maximum absolute atomic E-state index is 12.8. The maximum atomic E-state index is 12.8. The number of thioether (sulfide) groups is 1. The minimum absolute atomic E-state index is 0.174. The molecular weight excluding hydrogens is 370 g/mol. The van der Waals surface area contributed by atoms with E-state index in [9.17, 15) is 4.79 Å². The number of benzene rings is 1. The number of hydrogen-bond acceptors (Lipinski definition) is 4. The number of likely N-dealkylation sites (N-methyl/N-ethyl adjacent to an activating group) is 1. The largest absolute Gasteiger partial charge is 0.332 e. The van der Waals surface area contributed by atoms with Gasteiger partial charge in [0, 0.05) is 12.6 Å². The fourth-order valence-corrected chi connectivity index (χ4v) is 4.28. The molecular formula is C18H25ClN5OS+. The van der Waals surface area contributed by atoms with Crippen LogP contribution >= 0.6 is 23.4 Å². The molecule has 2 aromatic rings. The van der Waals surface area contributed by atoms with Crippen LogP contribution in [0, 0.1) is 0 Å². The zero-order valence-electron chi connectivity index (χ0n) is 15.4. The second-order valence-electron chi connectivity index (χ2n) is 6.53. The van der Waals surface area contributed by atoms with Crippen LogP contribution in [0.25, 0.3) is 11.4 Å². The van der Waals surface area contributed by atoms with Crippen molar-refractivity contribution in [2.45, 2.75) is 24.3 Å². The summed E-state index contributed by atoms with van der Waals surface area (Å²) >= 11 is 7.72. The summed E-state index contributed by atoms with van der Waals surface area (Å²) in [6.07, 6.45) is 0. The van der Waals surface area contributed by atoms with Gasteiger partial charge < -0.3 is 14.4 Å². The van der Waals surface area contributed by atoms with Crippen molar-refractivity contribution in [3.63, 3.8) is 0 Å². The highest BCUT2D eigenvalue weighted by atomic mass is 35.5. The lowest BCUT2D eigenvalue weighted by atomic mass is 10.2. The van der Waals surface area contributed by atoms with Crippen molar-refractivity contribution in [2.75, 3.05) is 32.7 Å². The lowest BCUT2D eigenvalue weighted by molar-refractivity contribution is -0.902. The Morgan fingerprint density at radius 3 is 2.65 bits per heavy atom. The van der Waals surface area contributed by atoms with Crippen molar-refractivity contribution < 1.29 is 9.69 Å². The molecule has 0 unspecified atom stereocenters. The summed E-state index contributed by atoms with van der Waals surface area (Å²) in [7, 11) is 1.90. The van der Waals surface area contributed by atoms with Crippen LogP contribution in [-0.2, 0) is 11.8 Å². The molecule has 1 aliphatic rings. The third-order valence-electron chi connectivity index (χ3n) is 4.86. The number of carbonyl (C=O) groups is 1. The van der Waals surface area contributed by atoms with Gasteiger partial charge in [-0.25, -0.2) is 0 Å². The van der Waals surface area contributed by atoms with E-state index in [1.165, 1.54) is 11.8 Å². The smallest absolute Gasteiger partial charge is 0.236 e. The number of aromatic nitrogens is 3. The van der Waals surface area contributed by atoms with Crippen LogP contribution in [0.15, 0.2) is 29.4 Å². The summed E-state index contributed by atoms with van der Waals surface area (Å²) in [4.78, 5) is 16.3. The fourth-order valence-electron chi connectivity index (χ4n) is 3.16. The summed E-state index contributed by atoms with van der Waals surface area (Å²) in [5, 5.41) is 9.71. The minimum atomic E-state index is -0.194. The van der Waals surface area contributed by atoms with E-state index in [1.54, 1.807) is 4.90 Å². The van der Waals surface area contributed by atoms with Crippen LogP contribution in [0.2, 0.25) is 5.02 Å². The lowest BCUT2D eigenvalue weighted by Gasteiger charge is -2.32. The van der Waals surface area contributed by atoms with Crippen molar-refractivity contribution >= 4 is 29.3 Å². The van der Waals surface area contributed by atoms with Gasteiger partial charge in [-0.1, -0.05) is 35.5 Å². The second-order valence-corrected chi connectivity index (χ2v) is 8.25. The monoisotopic (exact) mass is 394 g/mol. The topological polar surface area (TPSA) is 55.5 Å². The number of carbonyl (C=O) groups excluding carboxylic acids is 1. The van der Waals surface area contributed by atoms with E-state index in [2.05, 4.69) is 17.1 Å². The Kier molecular flexibility index (Phi) is 6.21. The van der Waals surface area contributed by atoms with Crippen LogP contribution < -0.4 is 4.90 Å². The van der Waals surface area contributed by atoms with Gasteiger partial charge >= 0.3 is 0 Å². The Morgan fingerprint density at radius 2 is 2.00 bits per heavy atom. The van der Waals surface area contributed by atoms with Gasteiger partial charge in [0.05, 0.1) is 43.0 Å². The van der Waals surface area contributed by atoms with Crippen molar-refractivity contribution in [3.8, 4) is 11.4 Å². The Bertz CT molecular complexity index is 773. The third-order valence-corrected chi connectivity index (χ3v) is 6.31. The number of piperazine rings is 1. The van der Waals surface area contributed by atoms with E-state index in [1.807, 2.05) is 47.7 Å². The van der Waals surface area contributed by atoms with E-state index in [4.69, 9.17) is 11.6 Å². The number of rotatable bonds is 5. The van der Waals surface area contributed by atoms with Crippen molar-refractivity contribution in [1.82, 2.24) is 19.7 Å². The number of nitrogens with one attached hydrogen (secondary N) is 1. The minimum Gasteiger partial charge on any atom is -0.332 e. The molecule has 1 N–H and O–H groups in total. The molecule has 1 aromatic carbocycles. The highest BCUT2D eigenvalue weighted by molar-refractivity contribution is 8.00. The Labute approximate surface area is 163 Å². The molecule has 0 aliphatic carbocycles. The molecule has 8 heteroatoms. The molecule has 0 radical (unpaired) electrons. The molecule has 1 saturated heterocycles. The molecule has 6 nitrogen and oxygen atoms in total. The zero-order valence-corrected chi connectivity index (χ0v) is 17.0. The summed E-state index contributed by atoms with van der Waals surface area (Å²) < 4.78 is 1.90. The third kappa shape index (κ3) is 4.05. The van der Waals surface area contributed by atoms with E-state index in [-0.39, 0.29) is 11.2 Å². The summed E-state index contributed by atoms with van der Waals surface area (Å²) in [5.74, 6) is 0.880. The Balaban J connectivity index is 1.68. The molecule has 0 bridgehead atoms. The van der Waals surface area contributed by atoms with Gasteiger partial charge in [-0.2, -0.15) is 0 Å². The first-order chi connectivity index (χ1) is 12.5. The predicted octanol–water partition coefficient (Wildman–Crippen LogP) is 1.36. The Morgan fingerprint density at radius 1 is 1.31 bits per heavy atom. The summed E-state index contributed by atoms with van der Waals surface area (Å²) in [6, 6.07) is 7.57. The van der Waals surface area contributed by atoms with Crippen LogP contribution in [-0.4, -0.2) is 63.5 Å². The van der Waals surface area contributed by atoms with Crippen LogP contribution in [0.5, 0.6) is 0 Å². The molecule has 3 rings (SSSR count). The second kappa shape index (κ2) is 8.41. The average molecular weight is 395 g/mol. The number of quaternary nitrogens is 1. The van der Waals surface area contributed by atoms with Crippen molar-refractivity contribution in [3.05, 3.63) is 29.3 Å². The van der Waals surface area contributed by atoms with Crippen LogP contribution in [0.4, 0.5) is 0 Å². The van der Waals surface area contributed by atoms with Gasteiger partial charge in [-0.15, -0.1) is 10.2 Å². The molecule has 26 heavy (non-hydrogen) atoms. The van der Waals surface area contributed by atoms with Gasteiger partial charge in [0.15, 0.2) is 11.0 Å². The van der Waals surface area contributed by atoms with E-state index >= 15 is 0 Å². The lowest BCUT2D eigenvalue weighted by Crippen LogP contribution is -3.14. The summed E-state index contributed by atoms with van der Waals surface area (Å²) in [6.45, 7) is 8.97. The standard InChI is InChI=1S/C18H24ClN5OS/c1-4-23-9-11-24(12-10-23)17(25)13(2)26-18-21-20-16(22(18)3)14-7-5-6-8-15(14)19/h5-8,13H,4,9-12H2,1-3H3/p+1/t13-/m0/s1. The summed E-state index contributed by atoms with van der Waals surface area (Å²) in [5.41, 5.74) is 0.841. The van der Waals surface area contributed by atoms with Crippen molar-refractivity contribution in [2.24, 2.45) is 7.05 Å². The number of amides is 1. The molecule has 1 atom stereocenters. The zero-order chi connectivity index (χ0) is 18.7. The van der Waals surface area contributed by atoms with Gasteiger partial charge in [0.25, 0.3) is 0 Å². The highest BCUT2D eigenvalue weighted by Gasteiger charge is 2.28. The maximum Gasteiger partial charge on any atom is 0.236 e. The molecule has 1 aromatic heterocycles. The van der Waals surface area contributed by atoms with E-state index in [0.29, 0.717) is 10.8 Å². The number of hydrogen-bond donors (Lipinski definition) is 1.